The monoisotopic (exact) mass is 272 g/mol. The van der Waals surface area contributed by atoms with Crippen LogP contribution in [0.3, 0.4) is 0 Å². The van der Waals surface area contributed by atoms with Crippen molar-refractivity contribution in [1.29, 1.82) is 0 Å². The number of benzene rings is 1. The molecule has 0 saturated heterocycles. The van der Waals surface area contributed by atoms with Gasteiger partial charge in [0.2, 0.25) is 0 Å². The lowest BCUT2D eigenvalue weighted by Crippen LogP contribution is -2.56. The molecule has 0 unspecified atom stereocenters. The Balaban J connectivity index is 1.75. The first-order chi connectivity index (χ1) is 9.77. The first-order valence-corrected chi connectivity index (χ1v) is 8.29. The van der Waals surface area contributed by atoms with Gasteiger partial charge in [0, 0.05) is 25.2 Å². The molecule has 1 heterocycles. The van der Waals surface area contributed by atoms with E-state index < -0.39 is 0 Å². The van der Waals surface area contributed by atoms with Crippen molar-refractivity contribution in [2.75, 3.05) is 13.1 Å². The SMILES string of the molecule is CCC1CCC(CN)(N2CCc3ccccc3C2)CC1. The van der Waals surface area contributed by atoms with E-state index in [0.717, 1.165) is 19.0 Å². The minimum absolute atomic E-state index is 0.277. The third kappa shape index (κ3) is 2.51. The van der Waals surface area contributed by atoms with Crippen molar-refractivity contribution in [2.24, 2.45) is 11.7 Å². The summed E-state index contributed by atoms with van der Waals surface area (Å²) in [6, 6.07) is 8.92. The Hall–Kier alpha value is -0.860. The maximum atomic E-state index is 6.23. The molecule has 1 aromatic rings. The molecule has 110 valence electrons. The second-order valence-corrected chi connectivity index (χ2v) is 6.72. The van der Waals surface area contributed by atoms with E-state index >= 15 is 0 Å². The zero-order chi connectivity index (χ0) is 14.0. The Bertz CT molecular complexity index is 446. The number of nitrogens with two attached hydrogens (primary N) is 1. The molecule has 1 aliphatic heterocycles. The summed E-state index contributed by atoms with van der Waals surface area (Å²) in [7, 11) is 0. The molecule has 1 aliphatic carbocycles. The minimum atomic E-state index is 0.277. The standard InChI is InChI=1S/C18H28N2/c1-2-15-7-10-18(14-19,11-8-15)20-12-9-16-5-3-4-6-17(16)13-20/h3-6,15H,2,7-14,19H2,1H3. The predicted octanol–water partition coefficient (Wildman–Crippen LogP) is 3.34. The second-order valence-electron chi connectivity index (χ2n) is 6.72. The third-order valence-corrected chi connectivity index (χ3v) is 5.79. The van der Waals surface area contributed by atoms with Gasteiger partial charge in [-0.3, -0.25) is 4.90 Å². The molecule has 0 atom stereocenters. The van der Waals surface area contributed by atoms with Crippen LogP contribution >= 0.6 is 0 Å². The van der Waals surface area contributed by atoms with Crippen molar-refractivity contribution >= 4 is 0 Å². The Labute approximate surface area is 123 Å². The average Bonchev–Trinajstić information content (AvgIpc) is 2.54. The van der Waals surface area contributed by atoms with Gasteiger partial charge in [0.1, 0.15) is 0 Å². The van der Waals surface area contributed by atoms with Gasteiger partial charge in [0.05, 0.1) is 0 Å². The van der Waals surface area contributed by atoms with Crippen LogP contribution in [-0.4, -0.2) is 23.5 Å². The van der Waals surface area contributed by atoms with E-state index in [-0.39, 0.29) is 5.54 Å². The molecule has 1 fully saturated rings. The zero-order valence-corrected chi connectivity index (χ0v) is 12.8. The summed E-state index contributed by atoms with van der Waals surface area (Å²) >= 11 is 0. The molecule has 1 aromatic carbocycles. The summed E-state index contributed by atoms with van der Waals surface area (Å²) in [5.41, 5.74) is 9.57. The highest BCUT2D eigenvalue weighted by atomic mass is 15.2. The summed E-state index contributed by atoms with van der Waals surface area (Å²) < 4.78 is 0. The van der Waals surface area contributed by atoms with E-state index in [1.54, 1.807) is 0 Å². The topological polar surface area (TPSA) is 29.3 Å². The fraction of sp³-hybridized carbons (Fsp3) is 0.667. The largest absolute Gasteiger partial charge is 0.329 e. The highest BCUT2D eigenvalue weighted by Crippen LogP contribution is 2.39. The quantitative estimate of drug-likeness (QED) is 0.914. The zero-order valence-electron chi connectivity index (χ0n) is 12.8. The van der Waals surface area contributed by atoms with Crippen LogP contribution in [0.5, 0.6) is 0 Å². The van der Waals surface area contributed by atoms with Crippen LogP contribution < -0.4 is 5.73 Å². The second kappa shape index (κ2) is 5.87. The highest BCUT2D eigenvalue weighted by Gasteiger charge is 2.39. The van der Waals surface area contributed by atoms with Crippen LogP contribution in [0.15, 0.2) is 24.3 Å². The van der Waals surface area contributed by atoms with E-state index in [1.165, 1.54) is 56.2 Å². The lowest BCUT2D eigenvalue weighted by Gasteiger charge is -2.49. The molecule has 2 heteroatoms. The van der Waals surface area contributed by atoms with Crippen LogP contribution in [0.4, 0.5) is 0 Å². The van der Waals surface area contributed by atoms with Crippen LogP contribution in [0.2, 0.25) is 0 Å². The Morgan fingerprint density at radius 2 is 1.90 bits per heavy atom. The first-order valence-electron chi connectivity index (χ1n) is 8.29. The van der Waals surface area contributed by atoms with Crippen molar-refractivity contribution in [2.45, 2.75) is 57.5 Å². The number of nitrogens with zero attached hydrogens (tertiary/aromatic N) is 1. The molecule has 0 spiro atoms. The van der Waals surface area contributed by atoms with Gasteiger partial charge in [0.15, 0.2) is 0 Å². The number of fused-ring (bicyclic) bond motifs is 1. The molecule has 20 heavy (non-hydrogen) atoms. The third-order valence-electron chi connectivity index (χ3n) is 5.79. The fourth-order valence-corrected chi connectivity index (χ4v) is 4.17. The van der Waals surface area contributed by atoms with Crippen molar-refractivity contribution < 1.29 is 0 Å². The van der Waals surface area contributed by atoms with E-state index in [9.17, 15) is 0 Å². The lowest BCUT2D eigenvalue weighted by molar-refractivity contribution is 0.0306. The molecule has 2 nitrogen and oxygen atoms in total. The van der Waals surface area contributed by atoms with Crippen LogP contribution in [0, 0.1) is 5.92 Å². The molecular weight excluding hydrogens is 244 g/mol. The summed E-state index contributed by atoms with van der Waals surface area (Å²) in [6.45, 7) is 5.44. The van der Waals surface area contributed by atoms with Gasteiger partial charge in [-0.25, -0.2) is 0 Å². The molecule has 3 rings (SSSR count). The van der Waals surface area contributed by atoms with Crippen LogP contribution in [-0.2, 0) is 13.0 Å². The fourth-order valence-electron chi connectivity index (χ4n) is 4.17. The van der Waals surface area contributed by atoms with Gasteiger partial charge in [0.25, 0.3) is 0 Å². The molecule has 1 saturated carbocycles. The van der Waals surface area contributed by atoms with Crippen LogP contribution in [0.25, 0.3) is 0 Å². The van der Waals surface area contributed by atoms with E-state index in [4.69, 9.17) is 5.73 Å². The molecule has 2 aliphatic rings. The lowest BCUT2D eigenvalue weighted by atomic mass is 9.74. The van der Waals surface area contributed by atoms with Gasteiger partial charge >= 0.3 is 0 Å². The Morgan fingerprint density at radius 3 is 2.55 bits per heavy atom. The maximum absolute atomic E-state index is 6.23. The van der Waals surface area contributed by atoms with Crippen molar-refractivity contribution in [1.82, 2.24) is 4.90 Å². The minimum Gasteiger partial charge on any atom is -0.329 e. The highest BCUT2D eigenvalue weighted by molar-refractivity contribution is 5.29. The molecule has 0 bridgehead atoms. The van der Waals surface area contributed by atoms with Crippen LogP contribution in [0.1, 0.15) is 50.2 Å². The predicted molar refractivity (Wildman–Crippen MR) is 84.6 cm³/mol. The number of hydrogen-bond acceptors (Lipinski definition) is 2. The molecule has 0 amide bonds. The summed E-state index contributed by atoms with van der Waals surface area (Å²) in [6.07, 6.45) is 7.85. The number of rotatable bonds is 3. The Morgan fingerprint density at radius 1 is 1.20 bits per heavy atom. The van der Waals surface area contributed by atoms with Gasteiger partial charge < -0.3 is 5.73 Å². The van der Waals surface area contributed by atoms with E-state index in [2.05, 4.69) is 36.1 Å². The Kier molecular flexibility index (Phi) is 4.13. The summed E-state index contributed by atoms with van der Waals surface area (Å²) in [5, 5.41) is 0. The van der Waals surface area contributed by atoms with Crippen molar-refractivity contribution in [3.63, 3.8) is 0 Å². The van der Waals surface area contributed by atoms with Crippen molar-refractivity contribution in [3.05, 3.63) is 35.4 Å². The molecule has 2 N–H and O–H groups in total. The normalized spacial score (nSPS) is 31.0. The van der Waals surface area contributed by atoms with E-state index in [1.807, 2.05) is 0 Å². The number of hydrogen-bond donors (Lipinski definition) is 1. The van der Waals surface area contributed by atoms with E-state index in [0.29, 0.717) is 0 Å². The maximum Gasteiger partial charge on any atom is 0.0335 e. The van der Waals surface area contributed by atoms with Gasteiger partial charge in [-0.15, -0.1) is 0 Å². The summed E-state index contributed by atoms with van der Waals surface area (Å²) in [4.78, 5) is 2.70. The summed E-state index contributed by atoms with van der Waals surface area (Å²) in [5.74, 6) is 0.937. The molecular formula is C18H28N2. The van der Waals surface area contributed by atoms with Gasteiger partial charge in [-0.05, 0) is 49.1 Å². The van der Waals surface area contributed by atoms with Gasteiger partial charge in [-0.2, -0.15) is 0 Å². The molecule has 0 aromatic heterocycles. The molecule has 0 radical (unpaired) electrons. The smallest absolute Gasteiger partial charge is 0.0335 e. The van der Waals surface area contributed by atoms with Crippen molar-refractivity contribution in [3.8, 4) is 0 Å². The average molecular weight is 272 g/mol. The van der Waals surface area contributed by atoms with Gasteiger partial charge in [-0.1, -0.05) is 37.6 Å². The first kappa shape index (κ1) is 14.1.